The molecule has 14 N–H and O–H groups in total. The van der Waals surface area contributed by atoms with Gasteiger partial charge in [-0.25, -0.2) is 0 Å². The van der Waals surface area contributed by atoms with Gasteiger partial charge in [0, 0.05) is 0 Å². The van der Waals surface area contributed by atoms with Crippen molar-refractivity contribution in [2.75, 3.05) is 0 Å². The predicted octanol–water partition coefficient (Wildman–Crippen LogP) is -13.2. The first-order valence-electron chi connectivity index (χ1n) is 4.89. The molecule has 0 saturated heterocycles. The van der Waals surface area contributed by atoms with Crippen molar-refractivity contribution in [3.8, 4) is 0 Å². The van der Waals surface area contributed by atoms with Gasteiger partial charge in [-0.1, -0.05) is 0 Å². The molecule has 0 fully saturated rings. The summed E-state index contributed by atoms with van der Waals surface area (Å²) in [5.41, 5.74) is 0. The van der Waals surface area contributed by atoms with Gasteiger partial charge in [-0.3, -0.25) is 63.7 Å². The molecule has 0 heterocycles. The van der Waals surface area contributed by atoms with Gasteiger partial charge in [-0.15, -0.1) is 0 Å². The fourth-order valence-corrected chi connectivity index (χ4v) is 0. The van der Waals surface area contributed by atoms with Gasteiger partial charge in [0.15, 0.2) is 0 Å². The SMILES string of the molecule is O=S(=O)(O)O.O=S(=O)(O)O.O=S(=O)(O)O.O=S(=O)(O)O.O=S(=O)(O)O.O=S(=O)(O)O.O=S(=O)(O)O.[H-].[H-].[H-].[Na+].[Na+].[Na+]. The Labute approximate surface area is 285 Å². The average molecular weight is 759 g/mol. The molecular formula is H17Na3O28S7. The summed E-state index contributed by atoms with van der Waals surface area (Å²) < 4.78 is 221. The van der Waals surface area contributed by atoms with Crippen molar-refractivity contribution in [2.24, 2.45) is 0 Å². The zero-order valence-electron chi connectivity index (χ0n) is 20.8. The van der Waals surface area contributed by atoms with Crippen LogP contribution >= 0.6 is 0 Å². The second-order valence-electron chi connectivity index (χ2n) is 3.13. The third kappa shape index (κ3) is 12000. The summed E-state index contributed by atoms with van der Waals surface area (Å²) in [5, 5.41) is 0. The van der Waals surface area contributed by atoms with Gasteiger partial charge in [-0.2, -0.15) is 58.9 Å². The maximum atomic E-state index is 8.74. The van der Waals surface area contributed by atoms with E-state index in [0.717, 1.165) is 0 Å². The monoisotopic (exact) mass is 758 g/mol. The third-order valence-electron chi connectivity index (χ3n) is 0. The van der Waals surface area contributed by atoms with Crippen molar-refractivity contribution in [1.82, 2.24) is 0 Å². The molecule has 0 spiro atoms. The van der Waals surface area contributed by atoms with Crippen LogP contribution in [-0.4, -0.2) is 123 Å². The predicted molar refractivity (Wildman–Crippen MR) is 103 cm³/mol. The minimum absolute atomic E-state index is 0. The Bertz CT molecular complexity index is 933. The average Bonchev–Trinajstić information content (AvgIpc) is 2.06. The molecule has 38 heavy (non-hydrogen) atoms. The van der Waals surface area contributed by atoms with E-state index in [-0.39, 0.29) is 93.0 Å². The third-order valence-corrected chi connectivity index (χ3v) is 0. The van der Waals surface area contributed by atoms with E-state index < -0.39 is 72.8 Å². The summed E-state index contributed by atoms with van der Waals surface area (Å²) in [4.78, 5) is 0. The van der Waals surface area contributed by atoms with E-state index in [1.165, 1.54) is 0 Å². The van der Waals surface area contributed by atoms with Gasteiger partial charge in [-0.05, 0) is 0 Å². The summed E-state index contributed by atoms with van der Waals surface area (Å²) in [7, 11) is -32.7. The standard InChI is InChI=1S/3Na.7H2O4S.3H/c;;;7*1-5(2,3)4;;;/h;;;7*(H2,1,2,3,4);;;/q3*+1;;;;;;;;3*-1. The Morgan fingerprint density at radius 3 is 0.211 bits per heavy atom. The molecule has 0 aliphatic heterocycles. The van der Waals surface area contributed by atoms with E-state index in [2.05, 4.69) is 0 Å². The van der Waals surface area contributed by atoms with Crippen LogP contribution in [0.2, 0.25) is 0 Å². The minimum atomic E-state index is -4.67. The summed E-state index contributed by atoms with van der Waals surface area (Å²) in [6.45, 7) is 0. The summed E-state index contributed by atoms with van der Waals surface area (Å²) in [5.74, 6) is 0. The molecule has 0 aromatic carbocycles. The molecule has 0 aliphatic rings. The van der Waals surface area contributed by atoms with E-state index in [1.807, 2.05) is 0 Å². The molecule has 0 bridgehead atoms. The van der Waals surface area contributed by atoms with Crippen LogP contribution in [0.5, 0.6) is 0 Å². The van der Waals surface area contributed by atoms with Crippen LogP contribution < -0.4 is 88.7 Å². The van der Waals surface area contributed by atoms with Gasteiger partial charge >= 0.3 is 161 Å². The van der Waals surface area contributed by atoms with E-state index in [9.17, 15) is 0 Å². The molecule has 0 unspecified atom stereocenters. The zero-order valence-corrected chi connectivity index (χ0v) is 29.5. The van der Waals surface area contributed by atoms with Crippen molar-refractivity contribution < 1.29 is 216 Å². The van der Waals surface area contributed by atoms with Crippen LogP contribution in [0.3, 0.4) is 0 Å². The molecule has 28 nitrogen and oxygen atoms in total. The fraction of sp³-hybridized carbons (Fsp3) is 0. The fourth-order valence-electron chi connectivity index (χ4n) is 0. The van der Waals surface area contributed by atoms with Gasteiger partial charge < -0.3 is 4.28 Å². The van der Waals surface area contributed by atoms with Crippen LogP contribution in [0, 0.1) is 0 Å². The second-order valence-corrected chi connectivity index (χ2v) is 9.40. The first-order valence-corrected chi connectivity index (χ1v) is 14.7. The summed E-state index contributed by atoms with van der Waals surface area (Å²) >= 11 is 0. The molecule has 0 atom stereocenters. The molecule has 0 saturated carbocycles. The first kappa shape index (κ1) is 67.7. The van der Waals surface area contributed by atoms with Gasteiger partial charge in [0.2, 0.25) is 0 Å². The maximum absolute atomic E-state index is 8.74. The number of hydrogen-bond donors (Lipinski definition) is 14. The Morgan fingerprint density at radius 1 is 0.211 bits per heavy atom. The molecular weight excluding hydrogens is 741 g/mol. The first-order chi connectivity index (χ1) is 14.0. The van der Waals surface area contributed by atoms with Gasteiger partial charge in [0.25, 0.3) is 0 Å². The second kappa shape index (κ2) is 29.2. The van der Waals surface area contributed by atoms with Crippen molar-refractivity contribution in [3.63, 3.8) is 0 Å². The Hall–Kier alpha value is 2.09. The Morgan fingerprint density at radius 2 is 0.211 bits per heavy atom. The van der Waals surface area contributed by atoms with Crippen LogP contribution in [0.4, 0.5) is 0 Å². The smallest absolute Gasteiger partial charge is 1.00 e. The minimum Gasteiger partial charge on any atom is -1.00 e. The van der Waals surface area contributed by atoms with Gasteiger partial charge in [0.05, 0.1) is 0 Å². The van der Waals surface area contributed by atoms with Crippen molar-refractivity contribution >= 4 is 72.8 Å². The van der Waals surface area contributed by atoms with E-state index in [0.29, 0.717) is 0 Å². The van der Waals surface area contributed by atoms with Crippen molar-refractivity contribution in [3.05, 3.63) is 0 Å². The van der Waals surface area contributed by atoms with Crippen LogP contribution in [0.15, 0.2) is 0 Å². The van der Waals surface area contributed by atoms with Crippen LogP contribution in [0.1, 0.15) is 4.28 Å². The largest absolute Gasteiger partial charge is 1.00 e. The Kier molecular flexibility index (Phi) is 51.9. The molecule has 0 aromatic heterocycles. The van der Waals surface area contributed by atoms with E-state index in [1.54, 1.807) is 0 Å². The number of rotatable bonds is 0. The van der Waals surface area contributed by atoms with Crippen molar-refractivity contribution in [1.29, 1.82) is 0 Å². The summed E-state index contributed by atoms with van der Waals surface area (Å²) in [6, 6.07) is 0. The zero-order chi connectivity index (χ0) is 31.5. The van der Waals surface area contributed by atoms with E-state index in [4.69, 9.17) is 123 Å². The topological polar surface area (TPSA) is 522 Å². The molecule has 0 radical (unpaired) electrons. The van der Waals surface area contributed by atoms with Crippen LogP contribution in [-0.2, 0) is 72.8 Å². The molecule has 0 aliphatic carbocycles. The normalized spacial score (nSPS) is 10.7. The maximum Gasteiger partial charge on any atom is 1.00 e. The Balaban J connectivity index is -0.0000000198. The van der Waals surface area contributed by atoms with Crippen molar-refractivity contribution in [2.45, 2.75) is 0 Å². The quantitative estimate of drug-likeness (QED) is 0.0805. The van der Waals surface area contributed by atoms with E-state index >= 15 is 0 Å². The number of hydrogen-bond acceptors (Lipinski definition) is 14. The molecule has 0 amide bonds. The van der Waals surface area contributed by atoms with Gasteiger partial charge in [0.1, 0.15) is 0 Å². The molecule has 38 heteroatoms. The molecule has 230 valence electrons. The van der Waals surface area contributed by atoms with Crippen LogP contribution in [0.25, 0.3) is 0 Å². The molecule has 0 rings (SSSR count). The summed E-state index contributed by atoms with van der Waals surface area (Å²) in [6.07, 6.45) is 0. The molecule has 0 aromatic rings.